The van der Waals surface area contributed by atoms with E-state index in [1.165, 1.54) is 0 Å². The third kappa shape index (κ3) is 0.0937. The summed E-state index contributed by atoms with van der Waals surface area (Å²) in [5, 5.41) is 0. The maximum atomic E-state index is 13.4. The number of carbonyl (C=O) groups excluding carboxylic acids is 3. The van der Waals surface area contributed by atoms with E-state index < -0.39 is 6.51 Å². The van der Waals surface area contributed by atoms with E-state index in [4.69, 9.17) is 0 Å². The summed E-state index contributed by atoms with van der Waals surface area (Å²) < 4.78 is 1.01. The molecule has 0 aromatic carbocycles. The van der Waals surface area contributed by atoms with Crippen LogP contribution in [-0.4, -0.2) is 17.3 Å². The molecule has 0 bridgehead atoms. The van der Waals surface area contributed by atoms with Gasteiger partial charge in [-0.1, -0.05) is 0 Å². The molecule has 10 atom stereocenters. The number of rotatable bonds is 4. The van der Waals surface area contributed by atoms with Gasteiger partial charge in [-0.3, -0.25) is 0 Å². The van der Waals surface area contributed by atoms with Crippen LogP contribution in [0.15, 0.2) is 0 Å². The van der Waals surface area contributed by atoms with Crippen molar-refractivity contribution in [2.45, 2.75) is 80.3 Å². The van der Waals surface area contributed by atoms with E-state index in [0.29, 0.717) is 34.6 Å². The second-order valence-corrected chi connectivity index (χ2v) is 35.7. The molecular formula is C18H20FeO3. The molecule has 10 heterocycles. The van der Waals surface area contributed by atoms with E-state index in [9.17, 15) is 14.4 Å². The van der Waals surface area contributed by atoms with Crippen molar-refractivity contribution in [1.82, 2.24) is 0 Å². The predicted octanol–water partition coefficient (Wildman–Crippen LogP) is 4.03. The van der Waals surface area contributed by atoms with Gasteiger partial charge in [0.25, 0.3) is 0 Å². The van der Waals surface area contributed by atoms with Crippen molar-refractivity contribution in [3.8, 4) is 0 Å². The van der Waals surface area contributed by atoms with Crippen LogP contribution in [0.1, 0.15) is 34.1 Å². The Labute approximate surface area is 118 Å². The van der Waals surface area contributed by atoms with Crippen LogP contribution in [0, 0.1) is 0 Å². The van der Waals surface area contributed by atoms with Crippen LogP contribution in [0.25, 0.3) is 0 Å². The monoisotopic (exact) mass is 340 g/mol. The summed E-state index contributed by atoms with van der Waals surface area (Å²) in [6.45, 7) is 4.28. The molecule has 118 valence electrons. The predicted molar refractivity (Wildman–Crippen MR) is 75.6 cm³/mol. The summed E-state index contributed by atoms with van der Waals surface area (Å²) in [6.07, 6.45) is 0.164. The number of ketones is 3. The van der Waals surface area contributed by atoms with Crippen molar-refractivity contribution >= 4 is 17.3 Å². The number of hydrogen-bond acceptors (Lipinski definition) is 3. The molecule has 10 fully saturated rings. The van der Waals surface area contributed by atoms with Crippen molar-refractivity contribution < 1.29 is 20.9 Å². The molecule has 0 amide bonds. The van der Waals surface area contributed by atoms with Gasteiger partial charge in [0.2, 0.25) is 0 Å². The van der Waals surface area contributed by atoms with Gasteiger partial charge in [-0.2, -0.15) is 0 Å². The molecule has 1 spiro atoms. The fourth-order valence-electron chi connectivity index (χ4n) is 21.6. The van der Waals surface area contributed by atoms with Gasteiger partial charge in [0.1, 0.15) is 0 Å². The van der Waals surface area contributed by atoms with E-state index in [1.807, 2.05) is 6.92 Å². The molecule has 0 aromatic rings. The number of Topliss-reactive ketones (excluding diaryl/α,β-unsaturated/α-hetero) is 3. The number of carbonyl (C=O) groups is 3. The Kier molecular flexibility index (Phi) is 0.372. The molecular weight excluding hydrogens is 320 g/mol. The van der Waals surface area contributed by atoms with Crippen LogP contribution in [0.4, 0.5) is 0 Å². The Morgan fingerprint density at radius 2 is 1.36 bits per heavy atom. The number of fused-ring (bicyclic) bond motifs is 10. The van der Waals surface area contributed by atoms with Gasteiger partial charge >= 0.3 is 119 Å². The second kappa shape index (κ2) is 0.840. The van der Waals surface area contributed by atoms with Crippen molar-refractivity contribution in [3.63, 3.8) is 0 Å². The first-order valence-corrected chi connectivity index (χ1v) is 14.8. The van der Waals surface area contributed by atoms with Gasteiger partial charge in [-0.25, -0.2) is 0 Å². The summed E-state index contributed by atoms with van der Waals surface area (Å²) in [6, 6.07) is 0. The molecule has 3 nitrogen and oxygen atoms in total. The summed E-state index contributed by atoms with van der Waals surface area (Å²) in [4.78, 5) is 42.5. The second-order valence-electron chi connectivity index (χ2n) is 12.6. The molecule has 10 saturated heterocycles. The van der Waals surface area contributed by atoms with E-state index >= 15 is 0 Å². The zero-order chi connectivity index (χ0) is 15.2. The first-order valence-electron chi connectivity index (χ1n) is 8.73. The molecule has 0 aliphatic carbocycles. The van der Waals surface area contributed by atoms with E-state index in [1.54, 1.807) is 6.92 Å². The summed E-state index contributed by atoms with van der Waals surface area (Å²) in [5.41, 5.74) is 0. The summed E-state index contributed by atoms with van der Waals surface area (Å²) >= 11 is 0. The molecule has 4 heteroatoms. The molecule has 0 radical (unpaired) electrons. The minimum absolute atomic E-state index is 0.0279. The van der Waals surface area contributed by atoms with Crippen LogP contribution in [-0.2, 0) is 20.9 Å². The summed E-state index contributed by atoms with van der Waals surface area (Å²) in [5.74, 6) is 0.846. The van der Waals surface area contributed by atoms with Crippen LogP contribution in [0.3, 0.4) is 0 Å². The minimum atomic E-state index is -4.19. The molecule has 22 heavy (non-hydrogen) atoms. The van der Waals surface area contributed by atoms with Gasteiger partial charge in [0.05, 0.1) is 0 Å². The molecule has 10 aliphatic rings. The molecule has 0 saturated carbocycles. The first-order chi connectivity index (χ1) is 9.98. The zero-order valence-electron chi connectivity index (χ0n) is 13.2. The molecule has 0 aromatic heterocycles. The standard InChI is InChI=1S/C10H11O2.C8H9O.Fe/c1-7-3-4-9(5-7)10(12)6-8(2)11;1-6-3-4-8(5-6)7(2)9;/h3-5H,6H2,1-2H3;3-5H,1-2H3;. The Bertz CT molecular complexity index is 1390. The van der Waals surface area contributed by atoms with Gasteiger partial charge in [0, 0.05) is 0 Å². The van der Waals surface area contributed by atoms with Crippen molar-refractivity contribution in [2.75, 3.05) is 0 Å². The first kappa shape index (κ1) is 9.74. The van der Waals surface area contributed by atoms with Crippen LogP contribution in [0.5, 0.6) is 0 Å². The van der Waals surface area contributed by atoms with Crippen molar-refractivity contribution in [3.05, 3.63) is 0 Å². The Hall–Kier alpha value is -0.471. The number of hydrogen-bond donors (Lipinski definition) is 0. The zero-order valence-corrected chi connectivity index (χ0v) is 14.4. The van der Waals surface area contributed by atoms with Crippen molar-refractivity contribution in [2.24, 2.45) is 0 Å². The molecule has 0 N–H and O–H groups in total. The average molecular weight is 340 g/mol. The fraction of sp³-hybridized carbons (Fsp3) is 0.833. The van der Waals surface area contributed by atoms with E-state index in [2.05, 4.69) is 13.8 Å². The summed E-state index contributed by atoms with van der Waals surface area (Å²) in [7, 11) is 0. The van der Waals surface area contributed by atoms with Gasteiger partial charge in [0.15, 0.2) is 0 Å². The third-order valence-corrected chi connectivity index (χ3v) is 64.2. The van der Waals surface area contributed by atoms with Gasteiger partial charge < -0.3 is 0 Å². The molecule has 10 rings (SSSR count). The maximum absolute atomic E-state index is 13.4. The SMILES string of the molecule is CC(=O)CC(=O)[C]12[CH]3[CH]4[C]5(C)[CH]1[Fe]43521678[CH]2[CH]1[C]6(C(C)=O)[CH]7[C]28C. The molecule has 10 unspecified atom stereocenters. The Balaban J connectivity index is 1.52. The van der Waals surface area contributed by atoms with Crippen molar-refractivity contribution in [1.29, 1.82) is 0 Å². The fourth-order valence-corrected chi connectivity index (χ4v) is 104. The normalized spacial score (nSPS) is 105. The average Bonchev–Trinajstić information content (AvgIpc) is 3.34. The topological polar surface area (TPSA) is 51.2 Å². The quantitative estimate of drug-likeness (QED) is 0.573. The third-order valence-electron chi connectivity index (χ3n) is 17.8. The molecule has 10 aliphatic heterocycles. The van der Waals surface area contributed by atoms with E-state index in [-0.39, 0.29) is 20.8 Å². The van der Waals surface area contributed by atoms with Crippen LogP contribution in [0.2, 0.25) is 46.2 Å². The van der Waals surface area contributed by atoms with Crippen LogP contribution < -0.4 is 0 Å². The van der Waals surface area contributed by atoms with E-state index in [0.717, 1.165) is 14.4 Å². The Morgan fingerprint density at radius 1 is 0.864 bits per heavy atom. The van der Waals surface area contributed by atoms with Crippen LogP contribution >= 0.6 is 0 Å². The van der Waals surface area contributed by atoms with Gasteiger partial charge in [-0.15, -0.1) is 0 Å². The van der Waals surface area contributed by atoms with Gasteiger partial charge in [-0.05, 0) is 0 Å². The Morgan fingerprint density at radius 3 is 1.64 bits per heavy atom.